The van der Waals surface area contributed by atoms with Crippen LogP contribution in [0.5, 0.6) is 0 Å². The second-order valence-electron chi connectivity index (χ2n) is 3.75. The molecule has 0 spiro atoms. The van der Waals surface area contributed by atoms with Crippen molar-refractivity contribution in [3.05, 3.63) is 33.6 Å². The average Bonchev–Trinajstić information content (AvgIpc) is 2.26. The fraction of sp³-hybridized carbons (Fsp3) is 0.400. The summed E-state index contributed by atoms with van der Waals surface area (Å²) < 4.78 is 38.4. The predicted molar refractivity (Wildman–Crippen MR) is 63.3 cm³/mol. The molecule has 0 aliphatic heterocycles. The zero-order valence-electron chi connectivity index (χ0n) is 10.2. The van der Waals surface area contributed by atoms with E-state index in [4.69, 9.17) is 0 Å². The number of rotatable bonds is 4. The molecule has 1 rings (SSSR count). The van der Waals surface area contributed by atoms with E-state index in [0.29, 0.717) is 0 Å². The minimum absolute atomic E-state index is 0.137. The van der Waals surface area contributed by atoms with Crippen LogP contribution in [0.25, 0.3) is 0 Å². The Morgan fingerprint density at radius 3 is 2.44 bits per heavy atom. The van der Waals surface area contributed by atoms with E-state index in [9.17, 15) is 22.9 Å². The monoisotopic (exact) mass is 276 g/mol. The summed E-state index contributed by atoms with van der Waals surface area (Å²) in [5.74, 6) is -1.05. The van der Waals surface area contributed by atoms with E-state index >= 15 is 0 Å². The molecule has 0 aliphatic carbocycles. The topological polar surface area (TPSA) is 80.5 Å². The Hall–Kier alpha value is -1.54. The number of aryl methyl sites for hydroxylation is 1. The van der Waals surface area contributed by atoms with Crippen molar-refractivity contribution in [3.8, 4) is 0 Å². The molecule has 6 nitrogen and oxygen atoms in total. The summed E-state index contributed by atoms with van der Waals surface area (Å²) in [5.41, 5.74) is -0.706. The van der Waals surface area contributed by atoms with Gasteiger partial charge < -0.3 is 0 Å². The zero-order chi connectivity index (χ0) is 14.1. The van der Waals surface area contributed by atoms with Gasteiger partial charge in [-0.25, -0.2) is 12.7 Å². The minimum Gasteiger partial charge on any atom is -0.258 e. The quantitative estimate of drug-likeness (QED) is 0.619. The van der Waals surface area contributed by atoms with Crippen LogP contribution < -0.4 is 0 Å². The molecule has 1 aromatic rings. The first kappa shape index (κ1) is 14.5. The maximum atomic E-state index is 13.3. The molecule has 100 valence electrons. The molecule has 0 heterocycles. The zero-order valence-corrected chi connectivity index (χ0v) is 11.0. The molecule has 0 atom stereocenters. The summed E-state index contributed by atoms with van der Waals surface area (Å²) in [4.78, 5) is 9.41. The number of halogens is 1. The molecule has 8 heteroatoms. The van der Waals surface area contributed by atoms with Crippen LogP contribution in [0.15, 0.2) is 17.0 Å². The first-order valence-electron chi connectivity index (χ1n) is 5.12. The van der Waals surface area contributed by atoms with Gasteiger partial charge in [-0.15, -0.1) is 0 Å². The Morgan fingerprint density at radius 1 is 1.44 bits per heavy atom. The molecule has 0 radical (unpaired) electrons. The van der Waals surface area contributed by atoms with E-state index in [1.807, 2.05) is 0 Å². The van der Waals surface area contributed by atoms with Gasteiger partial charge in [0, 0.05) is 19.7 Å². The lowest BCUT2D eigenvalue weighted by Gasteiger charge is -2.16. The standard InChI is InChI=1S/C10H13FN2O4S/c1-4-12(3)18(16,17)10-6-9(13(14)15)8(11)5-7(10)2/h5-6H,4H2,1-3H3. The van der Waals surface area contributed by atoms with Crippen molar-refractivity contribution in [2.45, 2.75) is 18.7 Å². The molecule has 0 aliphatic rings. The highest BCUT2D eigenvalue weighted by molar-refractivity contribution is 7.89. The van der Waals surface area contributed by atoms with Crippen molar-refractivity contribution < 1.29 is 17.7 Å². The van der Waals surface area contributed by atoms with Gasteiger partial charge >= 0.3 is 5.69 Å². The van der Waals surface area contributed by atoms with Gasteiger partial charge in [-0.2, -0.15) is 4.39 Å². The fourth-order valence-electron chi connectivity index (χ4n) is 1.40. The Labute approximate surface area is 104 Å². The van der Waals surface area contributed by atoms with E-state index in [-0.39, 0.29) is 17.0 Å². The van der Waals surface area contributed by atoms with Crippen LogP contribution >= 0.6 is 0 Å². The second kappa shape index (κ2) is 4.99. The normalized spacial score (nSPS) is 11.8. The number of nitrogens with zero attached hydrogens (tertiary/aromatic N) is 2. The number of sulfonamides is 1. The molecule has 0 amide bonds. The third-order valence-electron chi connectivity index (χ3n) is 2.57. The van der Waals surface area contributed by atoms with Crippen molar-refractivity contribution in [2.24, 2.45) is 0 Å². The molecule has 0 unspecified atom stereocenters. The van der Waals surface area contributed by atoms with Crippen LogP contribution in [-0.2, 0) is 10.0 Å². The van der Waals surface area contributed by atoms with Gasteiger partial charge in [-0.05, 0) is 18.6 Å². The lowest BCUT2D eigenvalue weighted by Crippen LogP contribution is -2.27. The molecule has 0 saturated heterocycles. The highest BCUT2D eigenvalue weighted by Gasteiger charge is 2.26. The third-order valence-corrected chi connectivity index (χ3v) is 4.65. The van der Waals surface area contributed by atoms with E-state index in [0.717, 1.165) is 16.4 Å². The summed E-state index contributed by atoms with van der Waals surface area (Å²) in [7, 11) is -2.48. The van der Waals surface area contributed by atoms with Crippen LogP contribution in [0.2, 0.25) is 0 Å². The fourth-order valence-corrected chi connectivity index (χ4v) is 2.80. The van der Waals surface area contributed by atoms with Crippen molar-refractivity contribution in [3.63, 3.8) is 0 Å². The van der Waals surface area contributed by atoms with Crippen LogP contribution in [0, 0.1) is 22.9 Å². The molecular weight excluding hydrogens is 263 g/mol. The molecular formula is C10H13FN2O4S. The summed E-state index contributed by atoms with van der Waals surface area (Å²) in [6, 6.07) is 1.61. The van der Waals surface area contributed by atoms with Gasteiger partial charge in [0.25, 0.3) is 0 Å². The highest BCUT2D eigenvalue weighted by atomic mass is 32.2. The summed E-state index contributed by atoms with van der Waals surface area (Å²) >= 11 is 0. The number of nitro groups is 1. The maximum Gasteiger partial charge on any atom is 0.306 e. The number of benzene rings is 1. The van der Waals surface area contributed by atoms with Crippen molar-refractivity contribution in [1.29, 1.82) is 0 Å². The van der Waals surface area contributed by atoms with Gasteiger partial charge in [0.2, 0.25) is 15.8 Å². The van der Waals surface area contributed by atoms with E-state index < -0.39 is 26.5 Å². The Morgan fingerprint density at radius 2 is 2.00 bits per heavy atom. The van der Waals surface area contributed by atoms with Crippen LogP contribution in [0.3, 0.4) is 0 Å². The highest BCUT2D eigenvalue weighted by Crippen LogP contribution is 2.26. The van der Waals surface area contributed by atoms with Gasteiger partial charge in [0.15, 0.2) is 0 Å². The number of nitro benzene ring substituents is 1. The Kier molecular flexibility index (Phi) is 4.02. The smallest absolute Gasteiger partial charge is 0.258 e. The van der Waals surface area contributed by atoms with Crippen LogP contribution in [0.4, 0.5) is 10.1 Å². The predicted octanol–water partition coefficient (Wildman–Crippen LogP) is 1.68. The lowest BCUT2D eigenvalue weighted by atomic mass is 10.2. The van der Waals surface area contributed by atoms with E-state index in [1.165, 1.54) is 14.0 Å². The third kappa shape index (κ3) is 2.49. The van der Waals surface area contributed by atoms with Gasteiger partial charge in [0.1, 0.15) is 0 Å². The molecule has 0 bridgehead atoms. The maximum absolute atomic E-state index is 13.3. The van der Waals surface area contributed by atoms with Crippen molar-refractivity contribution >= 4 is 15.7 Å². The van der Waals surface area contributed by atoms with Gasteiger partial charge in [0.05, 0.1) is 9.82 Å². The van der Waals surface area contributed by atoms with Crippen molar-refractivity contribution in [1.82, 2.24) is 4.31 Å². The van der Waals surface area contributed by atoms with E-state index in [2.05, 4.69) is 0 Å². The van der Waals surface area contributed by atoms with Crippen LogP contribution in [-0.4, -0.2) is 31.2 Å². The average molecular weight is 276 g/mol. The Balaban J connectivity index is 3.52. The molecule has 18 heavy (non-hydrogen) atoms. The van der Waals surface area contributed by atoms with Gasteiger partial charge in [-0.3, -0.25) is 10.1 Å². The second-order valence-corrected chi connectivity index (χ2v) is 5.76. The summed E-state index contributed by atoms with van der Waals surface area (Å²) in [6.45, 7) is 3.24. The Bertz CT molecular complexity index is 586. The molecule has 0 N–H and O–H groups in total. The van der Waals surface area contributed by atoms with Crippen LogP contribution in [0.1, 0.15) is 12.5 Å². The first-order valence-corrected chi connectivity index (χ1v) is 6.56. The number of hydrogen-bond acceptors (Lipinski definition) is 4. The largest absolute Gasteiger partial charge is 0.306 e. The van der Waals surface area contributed by atoms with Gasteiger partial charge in [-0.1, -0.05) is 6.92 Å². The lowest BCUT2D eigenvalue weighted by molar-refractivity contribution is -0.387. The molecule has 0 saturated carbocycles. The molecule has 0 aromatic heterocycles. The van der Waals surface area contributed by atoms with E-state index in [1.54, 1.807) is 6.92 Å². The van der Waals surface area contributed by atoms with Crippen molar-refractivity contribution in [2.75, 3.05) is 13.6 Å². The molecule has 0 fully saturated rings. The summed E-state index contributed by atoms with van der Waals surface area (Å²) in [6.07, 6.45) is 0. The minimum atomic E-state index is -3.83. The SMILES string of the molecule is CCN(C)S(=O)(=O)c1cc([N+](=O)[O-])c(F)cc1C. The molecule has 1 aromatic carbocycles. The summed E-state index contributed by atoms with van der Waals surface area (Å²) in [5, 5.41) is 10.6. The first-order chi connectivity index (χ1) is 8.21. The number of hydrogen-bond donors (Lipinski definition) is 0.